The van der Waals surface area contributed by atoms with Crippen molar-refractivity contribution in [2.45, 2.75) is 38.6 Å². The Morgan fingerprint density at radius 2 is 2.18 bits per heavy atom. The Bertz CT molecular complexity index is 485. The Labute approximate surface area is 141 Å². The molecule has 2 rings (SSSR count). The van der Waals surface area contributed by atoms with Crippen LogP contribution in [-0.4, -0.2) is 36.5 Å². The Morgan fingerprint density at radius 1 is 1.45 bits per heavy atom. The van der Waals surface area contributed by atoms with Gasteiger partial charge in [0.15, 0.2) is 0 Å². The zero-order valence-corrected chi connectivity index (χ0v) is 14.7. The molecule has 1 amide bonds. The second-order valence-electron chi connectivity index (χ2n) is 5.99. The van der Waals surface area contributed by atoms with Gasteiger partial charge in [-0.05, 0) is 50.3 Å². The zero-order chi connectivity index (χ0) is 15.9. The van der Waals surface area contributed by atoms with Gasteiger partial charge in [0.1, 0.15) is 5.75 Å². The number of nitrogens with zero attached hydrogens (tertiary/aromatic N) is 1. The van der Waals surface area contributed by atoms with Gasteiger partial charge >= 0.3 is 0 Å². The van der Waals surface area contributed by atoms with Gasteiger partial charge in [0, 0.05) is 30.0 Å². The van der Waals surface area contributed by atoms with Gasteiger partial charge in [0.25, 0.3) is 0 Å². The van der Waals surface area contributed by atoms with Crippen molar-refractivity contribution < 1.29 is 9.53 Å². The molecule has 122 valence electrons. The molecule has 1 atom stereocenters. The van der Waals surface area contributed by atoms with Crippen molar-refractivity contribution in [3.8, 4) is 5.75 Å². The van der Waals surface area contributed by atoms with Crippen molar-refractivity contribution in [1.82, 2.24) is 4.90 Å². The van der Waals surface area contributed by atoms with Crippen LogP contribution in [0.15, 0.2) is 28.7 Å². The van der Waals surface area contributed by atoms with E-state index >= 15 is 0 Å². The van der Waals surface area contributed by atoms with Crippen LogP contribution in [-0.2, 0) is 4.79 Å². The number of piperidine rings is 1. The molecule has 0 aliphatic carbocycles. The van der Waals surface area contributed by atoms with Gasteiger partial charge in [-0.25, -0.2) is 0 Å². The predicted octanol–water partition coefficient (Wildman–Crippen LogP) is 3.19. The number of amides is 1. The van der Waals surface area contributed by atoms with Crippen molar-refractivity contribution in [3.05, 3.63) is 28.7 Å². The number of halogens is 1. The van der Waals surface area contributed by atoms with E-state index in [9.17, 15) is 4.79 Å². The van der Waals surface area contributed by atoms with Gasteiger partial charge in [-0.15, -0.1) is 0 Å². The van der Waals surface area contributed by atoms with Crippen LogP contribution in [0.4, 0.5) is 0 Å². The van der Waals surface area contributed by atoms with E-state index in [0.717, 1.165) is 42.6 Å². The van der Waals surface area contributed by atoms with E-state index in [0.29, 0.717) is 18.9 Å². The number of benzene rings is 1. The minimum absolute atomic E-state index is 0.232. The maximum absolute atomic E-state index is 12.2. The van der Waals surface area contributed by atoms with Crippen LogP contribution in [0.25, 0.3) is 0 Å². The normalized spacial score (nSPS) is 17.3. The Kier molecular flexibility index (Phi) is 6.70. The summed E-state index contributed by atoms with van der Waals surface area (Å²) < 4.78 is 6.65. The Balaban J connectivity index is 1.64. The number of carbonyl (C=O) groups excluding carboxylic acids is 1. The Hall–Kier alpha value is -1.07. The monoisotopic (exact) mass is 368 g/mol. The lowest BCUT2D eigenvalue weighted by atomic mass is 9.91. The van der Waals surface area contributed by atoms with Crippen molar-refractivity contribution >= 4 is 21.8 Å². The standard InChI is InChI=1S/C17H25BrN2O2/c1-13(19)14-7-9-20(10-8-14)17(21)6-3-11-22-16-5-2-4-15(18)12-16/h2,4-5,12-14H,3,6-11,19H2,1H3. The molecule has 22 heavy (non-hydrogen) atoms. The number of carbonyl (C=O) groups is 1. The van der Waals surface area contributed by atoms with E-state index in [4.69, 9.17) is 10.5 Å². The summed E-state index contributed by atoms with van der Waals surface area (Å²) in [5.41, 5.74) is 5.93. The fraction of sp³-hybridized carbons (Fsp3) is 0.588. The van der Waals surface area contributed by atoms with E-state index in [1.165, 1.54) is 0 Å². The van der Waals surface area contributed by atoms with Crippen LogP contribution in [0.5, 0.6) is 5.75 Å². The van der Waals surface area contributed by atoms with Crippen molar-refractivity contribution in [3.63, 3.8) is 0 Å². The predicted molar refractivity (Wildman–Crippen MR) is 91.8 cm³/mol. The molecule has 4 nitrogen and oxygen atoms in total. The van der Waals surface area contributed by atoms with E-state index in [-0.39, 0.29) is 11.9 Å². The molecule has 5 heteroatoms. The smallest absolute Gasteiger partial charge is 0.222 e. The molecule has 0 spiro atoms. The molecule has 1 unspecified atom stereocenters. The summed E-state index contributed by atoms with van der Waals surface area (Å²) in [6.07, 6.45) is 3.35. The lowest BCUT2D eigenvalue weighted by Gasteiger charge is -2.33. The third-order valence-corrected chi connectivity index (χ3v) is 4.73. The quantitative estimate of drug-likeness (QED) is 0.784. The third-order valence-electron chi connectivity index (χ3n) is 4.24. The Morgan fingerprint density at radius 3 is 2.82 bits per heavy atom. The molecule has 1 saturated heterocycles. The van der Waals surface area contributed by atoms with E-state index in [1.807, 2.05) is 29.2 Å². The average molecular weight is 369 g/mol. The number of nitrogens with two attached hydrogens (primary N) is 1. The van der Waals surface area contributed by atoms with E-state index < -0.39 is 0 Å². The lowest BCUT2D eigenvalue weighted by molar-refractivity contribution is -0.132. The average Bonchev–Trinajstić information content (AvgIpc) is 2.51. The van der Waals surface area contributed by atoms with Crippen LogP contribution in [0.2, 0.25) is 0 Å². The third kappa shape index (κ3) is 5.29. The van der Waals surface area contributed by atoms with Crippen LogP contribution in [0, 0.1) is 5.92 Å². The molecule has 1 aliphatic heterocycles. The lowest BCUT2D eigenvalue weighted by Crippen LogP contribution is -2.42. The number of rotatable bonds is 6. The highest BCUT2D eigenvalue weighted by molar-refractivity contribution is 9.10. The summed E-state index contributed by atoms with van der Waals surface area (Å²) in [5.74, 6) is 1.63. The first-order valence-electron chi connectivity index (χ1n) is 7.98. The molecular formula is C17H25BrN2O2. The number of hydrogen-bond donors (Lipinski definition) is 1. The van der Waals surface area contributed by atoms with Gasteiger partial charge < -0.3 is 15.4 Å². The molecule has 1 fully saturated rings. The highest BCUT2D eigenvalue weighted by Gasteiger charge is 2.24. The van der Waals surface area contributed by atoms with E-state index in [1.54, 1.807) is 0 Å². The second kappa shape index (κ2) is 8.53. The molecule has 1 aliphatic rings. The second-order valence-corrected chi connectivity index (χ2v) is 6.90. The molecule has 0 aromatic heterocycles. The number of hydrogen-bond acceptors (Lipinski definition) is 3. The molecular weight excluding hydrogens is 344 g/mol. The first-order chi connectivity index (χ1) is 10.6. The molecule has 1 heterocycles. The summed E-state index contributed by atoms with van der Waals surface area (Å²) in [6, 6.07) is 7.98. The van der Waals surface area contributed by atoms with Crippen LogP contribution in [0.3, 0.4) is 0 Å². The maximum Gasteiger partial charge on any atom is 0.222 e. The number of likely N-dealkylation sites (tertiary alicyclic amines) is 1. The number of ether oxygens (including phenoxy) is 1. The molecule has 1 aromatic rings. The summed E-state index contributed by atoms with van der Waals surface area (Å²) >= 11 is 3.41. The van der Waals surface area contributed by atoms with Crippen molar-refractivity contribution in [2.75, 3.05) is 19.7 Å². The van der Waals surface area contributed by atoms with Crippen LogP contribution in [0.1, 0.15) is 32.6 Å². The largest absolute Gasteiger partial charge is 0.494 e. The molecule has 2 N–H and O–H groups in total. The zero-order valence-electron chi connectivity index (χ0n) is 13.1. The van der Waals surface area contributed by atoms with Gasteiger partial charge in [0.05, 0.1) is 6.61 Å². The molecule has 1 aromatic carbocycles. The SMILES string of the molecule is CC(N)C1CCN(C(=O)CCCOc2cccc(Br)c2)CC1. The first-order valence-corrected chi connectivity index (χ1v) is 8.77. The summed E-state index contributed by atoms with van der Waals surface area (Å²) in [7, 11) is 0. The fourth-order valence-electron chi connectivity index (χ4n) is 2.80. The summed E-state index contributed by atoms with van der Waals surface area (Å²) in [4.78, 5) is 14.1. The summed E-state index contributed by atoms with van der Waals surface area (Å²) in [5, 5.41) is 0. The fourth-order valence-corrected chi connectivity index (χ4v) is 3.18. The van der Waals surface area contributed by atoms with Gasteiger partial charge in [0.2, 0.25) is 5.91 Å². The van der Waals surface area contributed by atoms with Crippen molar-refractivity contribution in [1.29, 1.82) is 0 Å². The van der Waals surface area contributed by atoms with Gasteiger partial charge in [-0.1, -0.05) is 22.0 Å². The van der Waals surface area contributed by atoms with Crippen LogP contribution < -0.4 is 10.5 Å². The molecule has 0 saturated carbocycles. The highest BCUT2D eigenvalue weighted by Crippen LogP contribution is 2.21. The van der Waals surface area contributed by atoms with E-state index in [2.05, 4.69) is 22.9 Å². The van der Waals surface area contributed by atoms with Gasteiger partial charge in [-0.2, -0.15) is 0 Å². The molecule has 0 radical (unpaired) electrons. The first kappa shape index (κ1) is 17.3. The maximum atomic E-state index is 12.2. The van der Waals surface area contributed by atoms with Crippen LogP contribution >= 0.6 is 15.9 Å². The highest BCUT2D eigenvalue weighted by atomic mass is 79.9. The minimum atomic E-state index is 0.232. The molecule has 0 bridgehead atoms. The van der Waals surface area contributed by atoms with Crippen molar-refractivity contribution in [2.24, 2.45) is 11.7 Å². The van der Waals surface area contributed by atoms with Gasteiger partial charge in [-0.3, -0.25) is 4.79 Å². The minimum Gasteiger partial charge on any atom is -0.494 e. The summed E-state index contributed by atoms with van der Waals surface area (Å²) in [6.45, 7) is 4.31. The topological polar surface area (TPSA) is 55.6 Å².